The molecule has 0 bridgehead atoms. The van der Waals surface area contributed by atoms with Crippen LogP contribution >= 0.6 is 11.6 Å². The number of pyridine rings is 1. The van der Waals surface area contributed by atoms with Crippen molar-refractivity contribution in [3.05, 3.63) is 23.0 Å². The highest BCUT2D eigenvalue weighted by atomic mass is 35.5. The Hall–Kier alpha value is -1.83. The van der Waals surface area contributed by atoms with Gasteiger partial charge < -0.3 is 10.2 Å². The van der Waals surface area contributed by atoms with Gasteiger partial charge in [-0.15, -0.1) is 0 Å². The molecule has 1 N–H and O–H groups in total. The number of halogens is 4. The molecular weight excluding hydrogens is 359 g/mol. The highest BCUT2D eigenvalue weighted by molar-refractivity contribution is 6.29. The van der Waals surface area contributed by atoms with Crippen molar-refractivity contribution in [2.24, 2.45) is 0 Å². The smallest absolute Gasteiger partial charge is 0.345 e. The van der Waals surface area contributed by atoms with E-state index in [-0.39, 0.29) is 11.1 Å². The Morgan fingerprint density at radius 2 is 1.96 bits per heavy atom. The molecule has 3 rings (SSSR count). The number of aromatic nitrogens is 1. The van der Waals surface area contributed by atoms with Gasteiger partial charge in [0.25, 0.3) is 0 Å². The van der Waals surface area contributed by atoms with Gasteiger partial charge in [-0.25, -0.2) is 4.98 Å². The van der Waals surface area contributed by atoms with Gasteiger partial charge in [0.1, 0.15) is 18.2 Å². The van der Waals surface area contributed by atoms with Crippen molar-refractivity contribution >= 4 is 29.1 Å². The molecule has 0 unspecified atom stereocenters. The fraction of sp³-hybridized carbons (Fsp3) is 0.562. The number of amides is 2. The summed E-state index contributed by atoms with van der Waals surface area (Å²) >= 11 is 5.98. The lowest BCUT2D eigenvalue weighted by atomic mass is 9.72. The van der Waals surface area contributed by atoms with E-state index in [2.05, 4.69) is 4.98 Å². The van der Waals surface area contributed by atoms with E-state index in [0.29, 0.717) is 24.2 Å². The predicted octanol–water partition coefficient (Wildman–Crippen LogP) is 2.96. The summed E-state index contributed by atoms with van der Waals surface area (Å²) in [5.41, 5.74) is 0.176. The summed E-state index contributed by atoms with van der Waals surface area (Å²) in [6.45, 7) is -1.89. The number of carbonyl (C=O) groups is 2. The molecular formula is C16H17ClF3N3O2. The second-order valence-electron chi connectivity index (χ2n) is 6.43. The number of hydrogen-bond donors (Lipinski definition) is 1. The van der Waals surface area contributed by atoms with E-state index >= 15 is 0 Å². The summed E-state index contributed by atoms with van der Waals surface area (Å²) in [7, 11) is 0. The highest BCUT2D eigenvalue weighted by Gasteiger charge is 2.52. The molecule has 2 heterocycles. The number of nitrogens with one attached hydrogen (secondary N) is 1. The Labute approximate surface area is 147 Å². The van der Waals surface area contributed by atoms with Crippen LogP contribution in [0.15, 0.2) is 12.1 Å². The van der Waals surface area contributed by atoms with Crippen LogP contribution in [0.5, 0.6) is 0 Å². The molecule has 1 spiro atoms. The van der Waals surface area contributed by atoms with Gasteiger partial charge in [-0.2, -0.15) is 13.2 Å². The second-order valence-corrected chi connectivity index (χ2v) is 6.81. The number of rotatable bonds is 3. The molecule has 0 atom stereocenters. The third kappa shape index (κ3) is 3.44. The second kappa shape index (κ2) is 6.48. The third-order valence-corrected chi connectivity index (χ3v) is 4.94. The maximum absolute atomic E-state index is 13.0. The Morgan fingerprint density at radius 3 is 2.60 bits per heavy atom. The van der Waals surface area contributed by atoms with Crippen molar-refractivity contribution in [1.82, 2.24) is 10.3 Å². The molecule has 1 aromatic heterocycles. The molecule has 5 nitrogen and oxygen atoms in total. The van der Waals surface area contributed by atoms with Crippen molar-refractivity contribution in [2.75, 3.05) is 18.0 Å². The summed E-state index contributed by atoms with van der Waals surface area (Å²) in [6, 6.07) is 3.11. The van der Waals surface area contributed by atoms with Crippen LogP contribution in [0.4, 0.5) is 18.9 Å². The Kier molecular flexibility index (Phi) is 4.66. The minimum absolute atomic E-state index is 0.250. The van der Waals surface area contributed by atoms with E-state index in [9.17, 15) is 22.8 Å². The molecule has 0 saturated heterocycles. The van der Waals surface area contributed by atoms with Gasteiger partial charge in [0, 0.05) is 0 Å². The van der Waals surface area contributed by atoms with Crippen molar-refractivity contribution in [1.29, 1.82) is 0 Å². The normalized spacial score (nSPS) is 19.2. The number of anilines is 1. The Bertz CT molecular complexity index is 702. The lowest BCUT2D eigenvalue weighted by Gasteiger charge is -2.31. The first-order chi connectivity index (χ1) is 11.7. The molecule has 25 heavy (non-hydrogen) atoms. The van der Waals surface area contributed by atoms with E-state index in [0.717, 1.165) is 19.3 Å². The molecule has 1 aliphatic heterocycles. The molecule has 2 aliphatic rings. The zero-order chi connectivity index (χ0) is 18.2. The topological polar surface area (TPSA) is 62.3 Å². The van der Waals surface area contributed by atoms with Crippen LogP contribution in [0.2, 0.25) is 5.15 Å². The molecule has 0 radical (unpaired) electrons. The third-order valence-electron chi connectivity index (χ3n) is 4.73. The van der Waals surface area contributed by atoms with Crippen LogP contribution in [0.1, 0.15) is 37.8 Å². The number of carbonyl (C=O) groups excluding carboxylic acids is 2. The van der Waals surface area contributed by atoms with Crippen LogP contribution in [0.25, 0.3) is 0 Å². The zero-order valence-electron chi connectivity index (χ0n) is 13.3. The Balaban J connectivity index is 1.86. The molecule has 0 aromatic carbocycles. The fourth-order valence-corrected chi connectivity index (χ4v) is 3.78. The van der Waals surface area contributed by atoms with Crippen molar-refractivity contribution in [2.45, 2.75) is 43.7 Å². The molecule has 1 saturated carbocycles. The molecule has 1 aliphatic carbocycles. The lowest BCUT2D eigenvalue weighted by molar-refractivity contribution is -0.138. The number of nitrogens with zero attached hydrogens (tertiary/aromatic N) is 2. The molecule has 2 amide bonds. The van der Waals surface area contributed by atoms with Crippen LogP contribution in [-0.4, -0.2) is 36.1 Å². The van der Waals surface area contributed by atoms with E-state index in [1.807, 2.05) is 0 Å². The highest BCUT2D eigenvalue weighted by Crippen LogP contribution is 2.49. The van der Waals surface area contributed by atoms with Crippen LogP contribution in [0.3, 0.4) is 0 Å². The van der Waals surface area contributed by atoms with E-state index in [1.54, 1.807) is 11.4 Å². The van der Waals surface area contributed by atoms with Crippen molar-refractivity contribution < 1.29 is 22.8 Å². The summed E-state index contributed by atoms with van der Waals surface area (Å²) in [5.74, 6) is -1.14. The van der Waals surface area contributed by atoms with Gasteiger partial charge in [-0.1, -0.05) is 30.9 Å². The maximum Gasteiger partial charge on any atom is 0.405 e. The van der Waals surface area contributed by atoms with Crippen LogP contribution in [-0.2, 0) is 15.0 Å². The summed E-state index contributed by atoms with van der Waals surface area (Å²) in [5, 5.41) is 2.05. The van der Waals surface area contributed by atoms with Crippen molar-refractivity contribution in [3.63, 3.8) is 0 Å². The average Bonchev–Trinajstić information content (AvgIpc) is 2.76. The standard InChI is InChI=1S/C16H17ClF3N3O2/c17-11-5-4-10-13(22-11)15(6-2-1-3-7-15)14(25)23(10)8-12(24)21-9-16(18,19)20/h4-5H,1-3,6-9H2,(H,21,24). The number of alkyl halides is 3. The minimum Gasteiger partial charge on any atom is -0.345 e. The van der Waals surface area contributed by atoms with Crippen LogP contribution < -0.4 is 10.2 Å². The quantitative estimate of drug-likeness (QED) is 0.826. The van der Waals surface area contributed by atoms with Gasteiger partial charge in [-0.3, -0.25) is 9.59 Å². The van der Waals surface area contributed by atoms with Crippen LogP contribution in [0, 0.1) is 0 Å². The monoisotopic (exact) mass is 375 g/mol. The van der Waals surface area contributed by atoms with Crippen molar-refractivity contribution in [3.8, 4) is 0 Å². The minimum atomic E-state index is -4.50. The first kappa shape index (κ1) is 18.0. The largest absolute Gasteiger partial charge is 0.405 e. The molecule has 136 valence electrons. The summed E-state index contributed by atoms with van der Waals surface area (Å²) in [4.78, 5) is 30.5. The predicted molar refractivity (Wildman–Crippen MR) is 85.4 cm³/mol. The van der Waals surface area contributed by atoms with E-state index < -0.39 is 30.6 Å². The fourth-order valence-electron chi connectivity index (χ4n) is 3.63. The maximum atomic E-state index is 13.0. The Morgan fingerprint density at radius 1 is 1.28 bits per heavy atom. The number of hydrogen-bond acceptors (Lipinski definition) is 3. The van der Waals surface area contributed by atoms with Gasteiger partial charge >= 0.3 is 6.18 Å². The van der Waals surface area contributed by atoms with Gasteiger partial charge in [0.15, 0.2) is 0 Å². The average molecular weight is 376 g/mol. The lowest BCUT2D eigenvalue weighted by Crippen LogP contribution is -2.46. The zero-order valence-corrected chi connectivity index (χ0v) is 14.1. The first-order valence-corrected chi connectivity index (χ1v) is 8.43. The summed E-state index contributed by atoms with van der Waals surface area (Å²) in [6.07, 6.45) is -0.570. The molecule has 1 fully saturated rings. The van der Waals surface area contributed by atoms with E-state index in [1.165, 1.54) is 11.0 Å². The first-order valence-electron chi connectivity index (χ1n) is 8.05. The molecule has 9 heteroatoms. The van der Waals surface area contributed by atoms with E-state index in [4.69, 9.17) is 11.6 Å². The van der Waals surface area contributed by atoms with Gasteiger partial charge in [0.05, 0.1) is 16.8 Å². The summed E-state index contributed by atoms with van der Waals surface area (Å²) < 4.78 is 36.8. The van der Waals surface area contributed by atoms with Gasteiger partial charge in [-0.05, 0) is 25.0 Å². The SMILES string of the molecule is O=C(CN1C(=O)C2(CCCCC2)c2nc(Cl)ccc21)NCC(F)(F)F. The van der Waals surface area contributed by atoms with Gasteiger partial charge in [0.2, 0.25) is 11.8 Å². The number of fused-ring (bicyclic) bond motifs is 2. The molecule has 1 aromatic rings.